The summed E-state index contributed by atoms with van der Waals surface area (Å²) in [5, 5.41) is 2.89. The Bertz CT molecular complexity index is 932. The van der Waals surface area contributed by atoms with Crippen molar-refractivity contribution in [3.8, 4) is 11.3 Å². The summed E-state index contributed by atoms with van der Waals surface area (Å²) in [5.41, 5.74) is 7.30. The normalized spacial score (nSPS) is 21.8. The van der Waals surface area contributed by atoms with Gasteiger partial charge in [-0.05, 0) is 72.2 Å². The monoisotopic (exact) mass is 300 g/mol. The number of hydrogen-bond acceptors (Lipinski definition) is 0. The molecule has 0 aliphatic heterocycles. The maximum Gasteiger partial charge on any atom is 0.220 e. The first kappa shape index (κ1) is 13.3. The van der Waals surface area contributed by atoms with Gasteiger partial charge in [0.15, 0.2) is 6.20 Å². The number of pyridine rings is 1. The van der Waals surface area contributed by atoms with Gasteiger partial charge in [-0.25, -0.2) is 4.57 Å². The lowest BCUT2D eigenvalue weighted by atomic mass is 9.62. The Morgan fingerprint density at radius 2 is 1.78 bits per heavy atom. The third-order valence-corrected chi connectivity index (χ3v) is 6.03. The fourth-order valence-corrected chi connectivity index (χ4v) is 4.76. The third-order valence-electron chi connectivity index (χ3n) is 6.03. The van der Waals surface area contributed by atoms with E-state index in [-0.39, 0.29) is 0 Å². The van der Waals surface area contributed by atoms with Gasteiger partial charge >= 0.3 is 0 Å². The zero-order valence-corrected chi connectivity index (χ0v) is 13.8. The van der Waals surface area contributed by atoms with Crippen LogP contribution in [0.5, 0.6) is 0 Å². The minimum atomic E-state index is 0.837. The summed E-state index contributed by atoms with van der Waals surface area (Å²) in [7, 11) is 2.16. The van der Waals surface area contributed by atoms with Gasteiger partial charge in [0.2, 0.25) is 5.69 Å². The third kappa shape index (κ3) is 1.83. The molecule has 0 atom stereocenters. The Kier molecular flexibility index (Phi) is 2.70. The molecular formula is C22H22N+. The predicted octanol–water partition coefficient (Wildman–Crippen LogP) is 4.69. The summed E-state index contributed by atoms with van der Waals surface area (Å²) < 4.78 is 2.28. The fourth-order valence-electron chi connectivity index (χ4n) is 4.76. The second-order valence-corrected chi connectivity index (χ2v) is 7.42. The van der Waals surface area contributed by atoms with Crippen molar-refractivity contribution in [2.45, 2.75) is 32.1 Å². The molecule has 1 saturated carbocycles. The number of aryl methyl sites for hydroxylation is 2. The molecule has 1 fully saturated rings. The molecule has 114 valence electrons. The highest BCUT2D eigenvalue weighted by Crippen LogP contribution is 2.51. The first-order valence-electron chi connectivity index (χ1n) is 8.72. The first-order valence-corrected chi connectivity index (χ1v) is 8.72. The summed E-state index contributed by atoms with van der Waals surface area (Å²) in [5.74, 6) is 1.78. The van der Waals surface area contributed by atoms with Crippen LogP contribution >= 0.6 is 0 Å². The molecule has 0 saturated heterocycles. The molecule has 3 aromatic rings. The van der Waals surface area contributed by atoms with E-state index >= 15 is 0 Å². The van der Waals surface area contributed by atoms with Crippen LogP contribution in [0.25, 0.3) is 22.0 Å². The van der Waals surface area contributed by atoms with E-state index in [9.17, 15) is 0 Å². The minimum absolute atomic E-state index is 0.837. The summed E-state index contributed by atoms with van der Waals surface area (Å²) in [6, 6.07) is 15.9. The molecule has 0 N–H and O–H groups in total. The molecule has 3 aliphatic carbocycles. The molecule has 0 unspecified atom stereocenters. The fraction of sp³-hybridized carbons (Fsp3) is 0.318. The number of fused-ring (bicyclic) bond motifs is 1. The largest absolute Gasteiger partial charge is 0.220 e. The van der Waals surface area contributed by atoms with Crippen LogP contribution in [0.2, 0.25) is 0 Å². The maximum absolute atomic E-state index is 2.42. The van der Waals surface area contributed by atoms with Crippen LogP contribution in [-0.4, -0.2) is 0 Å². The second-order valence-electron chi connectivity index (χ2n) is 7.42. The average molecular weight is 300 g/mol. The van der Waals surface area contributed by atoms with Gasteiger partial charge in [-0.1, -0.05) is 24.3 Å². The first-order chi connectivity index (χ1) is 11.2. The van der Waals surface area contributed by atoms with Gasteiger partial charge in [-0.2, -0.15) is 0 Å². The average Bonchev–Trinajstić information content (AvgIpc) is 2.54. The van der Waals surface area contributed by atoms with Crippen LogP contribution in [0.1, 0.15) is 35.4 Å². The highest BCUT2D eigenvalue weighted by molar-refractivity contribution is 5.96. The van der Waals surface area contributed by atoms with Gasteiger partial charge < -0.3 is 0 Å². The zero-order valence-electron chi connectivity index (χ0n) is 13.8. The van der Waals surface area contributed by atoms with E-state index in [1.807, 2.05) is 0 Å². The van der Waals surface area contributed by atoms with Crippen molar-refractivity contribution in [2.24, 2.45) is 13.0 Å². The number of benzene rings is 2. The van der Waals surface area contributed by atoms with Gasteiger partial charge in [-0.15, -0.1) is 0 Å². The summed E-state index contributed by atoms with van der Waals surface area (Å²) in [6.07, 6.45) is 6.36. The van der Waals surface area contributed by atoms with Gasteiger partial charge in [-0.3, -0.25) is 0 Å². The van der Waals surface area contributed by atoms with Crippen molar-refractivity contribution in [1.29, 1.82) is 0 Å². The SMILES string of the molecule is Cc1ccccc1-c1c2ccc3c(c2cc[n+]1C)CC1CC3C1. The van der Waals surface area contributed by atoms with Crippen molar-refractivity contribution in [1.82, 2.24) is 0 Å². The van der Waals surface area contributed by atoms with Crippen LogP contribution in [0, 0.1) is 12.8 Å². The molecule has 6 rings (SSSR count). The zero-order chi connectivity index (χ0) is 15.6. The molecule has 0 radical (unpaired) electrons. The van der Waals surface area contributed by atoms with Gasteiger partial charge in [0.05, 0.1) is 5.39 Å². The van der Waals surface area contributed by atoms with Crippen LogP contribution < -0.4 is 4.57 Å². The Balaban J connectivity index is 1.84. The highest BCUT2D eigenvalue weighted by Gasteiger charge is 2.38. The van der Waals surface area contributed by atoms with Gasteiger partial charge in [0.25, 0.3) is 0 Å². The van der Waals surface area contributed by atoms with E-state index in [0.717, 1.165) is 11.8 Å². The Hall–Kier alpha value is -2.15. The Morgan fingerprint density at radius 3 is 2.61 bits per heavy atom. The molecule has 0 spiro atoms. The van der Waals surface area contributed by atoms with Crippen molar-refractivity contribution in [2.75, 3.05) is 0 Å². The number of nitrogens with zero attached hydrogens (tertiary/aromatic N) is 1. The van der Waals surface area contributed by atoms with Gasteiger partial charge in [0.1, 0.15) is 7.05 Å². The molecular weight excluding hydrogens is 278 g/mol. The highest BCUT2D eigenvalue weighted by atomic mass is 14.9. The summed E-state index contributed by atoms with van der Waals surface area (Å²) in [4.78, 5) is 0. The standard InChI is InChI=1S/C22H22N/c1-14-5-3-4-6-17(14)22-20-8-7-18-16-11-15(12-16)13-21(18)19(20)9-10-23(22)2/h3-10,15-16H,11-13H2,1-2H3/q+1. The minimum Gasteiger partial charge on any atom is -0.200 e. The summed E-state index contributed by atoms with van der Waals surface area (Å²) in [6.45, 7) is 2.21. The number of hydrogen-bond donors (Lipinski definition) is 0. The molecule has 1 heteroatoms. The quantitative estimate of drug-likeness (QED) is 0.574. The van der Waals surface area contributed by atoms with E-state index < -0.39 is 0 Å². The lowest BCUT2D eigenvalue weighted by Gasteiger charge is -2.43. The lowest BCUT2D eigenvalue weighted by Crippen LogP contribution is -2.33. The molecule has 23 heavy (non-hydrogen) atoms. The van der Waals surface area contributed by atoms with Crippen LogP contribution in [0.3, 0.4) is 0 Å². The second kappa shape index (κ2) is 4.67. The van der Waals surface area contributed by atoms with E-state index in [1.54, 1.807) is 11.1 Å². The van der Waals surface area contributed by atoms with Crippen molar-refractivity contribution in [3.63, 3.8) is 0 Å². The topological polar surface area (TPSA) is 3.88 Å². The molecule has 1 heterocycles. The molecule has 2 aromatic carbocycles. The van der Waals surface area contributed by atoms with Crippen molar-refractivity contribution >= 4 is 10.8 Å². The molecule has 0 amide bonds. The van der Waals surface area contributed by atoms with Crippen LogP contribution in [-0.2, 0) is 13.5 Å². The molecule has 3 aliphatic rings. The molecule has 2 bridgehead atoms. The molecule has 1 nitrogen and oxygen atoms in total. The smallest absolute Gasteiger partial charge is 0.200 e. The van der Waals surface area contributed by atoms with E-state index in [4.69, 9.17) is 0 Å². The molecule has 1 aromatic heterocycles. The van der Waals surface area contributed by atoms with E-state index in [2.05, 4.69) is 67.2 Å². The number of aromatic nitrogens is 1. The van der Waals surface area contributed by atoms with Crippen molar-refractivity contribution < 1.29 is 4.57 Å². The Labute approximate surface area is 137 Å². The van der Waals surface area contributed by atoms with Crippen LogP contribution in [0.4, 0.5) is 0 Å². The number of rotatable bonds is 1. The van der Waals surface area contributed by atoms with E-state index in [0.29, 0.717) is 0 Å². The van der Waals surface area contributed by atoms with Crippen molar-refractivity contribution in [3.05, 3.63) is 65.4 Å². The predicted molar refractivity (Wildman–Crippen MR) is 94.5 cm³/mol. The Morgan fingerprint density at radius 1 is 0.957 bits per heavy atom. The summed E-state index contributed by atoms with van der Waals surface area (Å²) >= 11 is 0. The maximum atomic E-state index is 2.42. The van der Waals surface area contributed by atoms with Crippen LogP contribution in [0.15, 0.2) is 48.7 Å². The van der Waals surface area contributed by atoms with E-state index in [1.165, 1.54) is 46.9 Å². The van der Waals surface area contributed by atoms with Gasteiger partial charge in [0, 0.05) is 11.6 Å². The lowest BCUT2D eigenvalue weighted by molar-refractivity contribution is -0.659.